The largest absolute Gasteiger partial charge is 0.341 e. The summed E-state index contributed by atoms with van der Waals surface area (Å²) in [4.78, 5) is 0. The van der Waals surface area contributed by atoms with Crippen LogP contribution in [0.5, 0.6) is 0 Å². The topological polar surface area (TPSA) is 35.5 Å². The first-order valence-corrected chi connectivity index (χ1v) is 5.68. The zero-order valence-corrected chi connectivity index (χ0v) is 9.60. The summed E-state index contributed by atoms with van der Waals surface area (Å²) in [5, 5.41) is 0. The predicted molar refractivity (Wildman–Crippen MR) is 53.1 cm³/mol. The van der Waals surface area contributed by atoms with Gasteiger partial charge >= 0.3 is 0 Å². The molecule has 0 bridgehead atoms. The van der Waals surface area contributed by atoms with E-state index in [-0.39, 0.29) is 8.46 Å². The molecule has 0 aromatic heterocycles. The van der Waals surface area contributed by atoms with E-state index in [1.807, 2.05) is 13.8 Å². The molecule has 0 saturated carbocycles. The SMILES string of the molecule is CCCCC(OCC)(OCC)P=O. The summed E-state index contributed by atoms with van der Waals surface area (Å²) in [6.07, 6.45) is 2.71. The maximum Gasteiger partial charge on any atom is 0.251 e. The Kier molecular flexibility index (Phi) is 7.44. The third-order valence-electron chi connectivity index (χ3n) is 1.73. The van der Waals surface area contributed by atoms with Crippen LogP contribution in [0, 0.1) is 0 Å². The maximum absolute atomic E-state index is 11.0. The minimum Gasteiger partial charge on any atom is -0.341 e. The lowest BCUT2D eigenvalue weighted by molar-refractivity contribution is -0.173. The molecule has 0 unspecified atom stereocenters. The van der Waals surface area contributed by atoms with Crippen LogP contribution in [-0.2, 0) is 14.0 Å². The van der Waals surface area contributed by atoms with Gasteiger partial charge in [0.2, 0.25) is 8.46 Å². The molecule has 0 rings (SSSR count). The van der Waals surface area contributed by atoms with Crippen molar-refractivity contribution in [1.82, 2.24) is 0 Å². The molecule has 13 heavy (non-hydrogen) atoms. The second-order valence-electron chi connectivity index (χ2n) is 2.77. The molecule has 4 heteroatoms. The molecule has 0 aliphatic rings. The summed E-state index contributed by atoms with van der Waals surface area (Å²) in [5.41, 5.74) is -0.889. The van der Waals surface area contributed by atoms with Crippen molar-refractivity contribution in [2.45, 2.75) is 45.6 Å². The van der Waals surface area contributed by atoms with Crippen LogP contribution in [0.15, 0.2) is 0 Å². The Labute approximate surface area is 82.0 Å². The maximum atomic E-state index is 11.0. The highest BCUT2D eigenvalue weighted by atomic mass is 31.1. The highest BCUT2D eigenvalue weighted by molar-refractivity contribution is 7.25. The molecule has 0 heterocycles. The molecule has 0 atom stereocenters. The second-order valence-corrected chi connectivity index (χ2v) is 3.64. The van der Waals surface area contributed by atoms with Crippen molar-refractivity contribution in [1.29, 1.82) is 0 Å². The smallest absolute Gasteiger partial charge is 0.251 e. The second kappa shape index (κ2) is 7.43. The first-order chi connectivity index (χ1) is 6.24. The third kappa shape index (κ3) is 4.70. The highest BCUT2D eigenvalue weighted by Gasteiger charge is 2.31. The summed E-state index contributed by atoms with van der Waals surface area (Å²) < 4.78 is 21.7. The van der Waals surface area contributed by atoms with Gasteiger partial charge in [-0.2, -0.15) is 0 Å². The van der Waals surface area contributed by atoms with E-state index in [0.717, 1.165) is 12.8 Å². The van der Waals surface area contributed by atoms with E-state index in [9.17, 15) is 4.57 Å². The molecule has 0 aromatic rings. The fourth-order valence-electron chi connectivity index (χ4n) is 1.14. The van der Waals surface area contributed by atoms with Gasteiger partial charge in [0.25, 0.3) is 5.53 Å². The van der Waals surface area contributed by atoms with E-state index in [4.69, 9.17) is 9.47 Å². The van der Waals surface area contributed by atoms with E-state index in [1.54, 1.807) is 0 Å². The fraction of sp³-hybridized carbons (Fsp3) is 1.00. The van der Waals surface area contributed by atoms with Crippen LogP contribution in [0.4, 0.5) is 0 Å². The fourth-order valence-corrected chi connectivity index (χ4v) is 1.75. The minimum atomic E-state index is -0.889. The van der Waals surface area contributed by atoms with Crippen molar-refractivity contribution in [3.05, 3.63) is 0 Å². The van der Waals surface area contributed by atoms with Crippen molar-refractivity contribution in [2.75, 3.05) is 13.2 Å². The standard InChI is InChI=1S/C9H19O3P/c1-4-7-8-9(13-10,11-5-2)12-6-3/h4-8H2,1-3H3. The number of ether oxygens (including phenoxy) is 2. The van der Waals surface area contributed by atoms with Crippen molar-refractivity contribution in [2.24, 2.45) is 0 Å². The summed E-state index contributed by atoms with van der Waals surface area (Å²) in [6.45, 7) is 6.90. The molecule has 0 aliphatic heterocycles. The van der Waals surface area contributed by atoms with Crippen molar-refractivity contribution < 1.29 is 14.0 Å². The van der Waals surface area contributed by atoms with Gasteiger partial charge in [0.15, 0.2) is 0 Å². The summed E-state index contributed by atoms with van der Waals surface area (Å²) in [5.74, 6) is 0. The molecule has 0 radical (unpaired) electrons. The van der Waals surface area contributed by atoms with Crippen LogP contribution in [0.2, 0.25) is 0 Å². The molecule has 0 aliphatic carbocycles. The van der Waals surface area contributed by atoms with Crippen LogP contribution in [-0.4, -0.2) is 18.7 Å². The molecule has 0 saturated heterocycles. The zero-order chi connectivity index (χ0) is 10.2. The lowest BCUT2D eigenvalue weighted by atomic mass is 10.2. The lowest BCUT2D eigenvalue weighted by Crippen LogP contribution is -2.29. The highest BCUT2D eigenvalue weighted by Crippen LogP contribution is 2.32. The van der Waals surface area contributed by atoms with E-state index in [1.165, 1.54) is 0 Å². The monoisotopic (exact) mass is 206 g/mol. The van der Waals surface area contributed by atoms with Gasteiger partial charge in [0, 0.05) is 19.6 Å². The Morgan fingerprint density at radius 1 is 1.15 bits per heavy atom. The molecular formula is C9H19O3P. The van der Waals surface area contributed by atoms with Gasteiger partial charge < -0.3 is 9.47 Å². The molecule has 0 fully saturated rings. The van der Waals surface area contributed by atoms with Crippen LogP contribution in [0.25, 0.3) is 0 Å². The third-order valence-corrected chi connectivity index (χ3v) is 2.49. The molecular weight excluding hydrogens is 187 g/mol. The Bertz CT molecular complexity index is 133. The average molecular weight is 206 g/mol. The van der Waals surface area contributed by atoms with E-state index < -0.39 is 5.53 Å². The van der Waals surface area contributed by atoms with Crippen LogP contribution in [0.1, 0.15) is 40.0 Å². The number of rotatable bonds is 8. The Morgan fingerprint density at radius 3 is 2.00 bits per heavy atom. The van der Waals surface area contributed by atoms with Gasteiger partial charge in [-0.25, -0.2) is 0 Å². The Morgan fingerprint density at radius 2 is 1.69 bits per heavy atom. The molecule has 0 amide bonds. The summed E-state index contributed by atoms with van der Waals surface area (Å²) >= 11 is 0. The Balaban J connectivity index is 4.16. The molecule has 78 valence electrons. The first kappa shape index (κ1) is 13.0. The van der Waals surface area contributed by atoms with Crippen LogP contribution >= 0.6 is 8.46 Å². The molecule has 0 aromatic carbocycles. The Hall–Kier alpha value is 0.0200. The average Bonchev–Trinajstić information content (AvgIpc) is 2.15. The number of unbranched alkanes of at least 4 members (excludes halogenated alkanes) is 1. The van der Waals surface area contributed by atoms with E-state index in [2.05, 4.69) is 6.92 Å². The van der Waals surface area contributed by atoms with Crippen LogP contribution < -0.4 is 0 Å². The van der Waals surface area contributed by atoms with Gasteiger partial charge in [0.05, 0.1) is 0 Å². The summed E-state index contributed by atoms with van der Waals surface area (Å²) in [7, 11) is -0.0699. The molecule has 0 N–H and O–H groups in total. The normalized spacial score (nSPS) is 12.2. The minimum absolute atomic E-state index is 0.0699. The van der Waals surface area contributed by atoms with E-state index in [0.29, 0.717) is 19.6 Å². The number of hydrogen-bond donors (Lipinski definition) is 0. The van der Waals surface area contributed by atoms with Gasteiger partial charge in [0.1, 0.15) is 0 Å². The summed E-state index contributed by atoms with van der Waals surface area (Å²) in [6, 6.07) is 0. The van der Waals surface area contributed by atoms with Gasteiger partial charge in [-0.15, -0.1) is 0 Å². The molecule has 3 nitrogen and oxygen atoms in total. The zero-order valence-electron chi connectivity index (χ0n) is 8.71. The van der Waals surface area contributed by atoms with Gasteiger partial charge in [-0.05, 0) is 20.3 Å². The van der Waals surface area contributed by atoms with Crippen LogP contribution in [0.3, 0.4) is 0 Å². The van der Waals surface area contributed by atoms with E-state index >= 15 is 0 Å². The number of hydrogen-bond acceptors (Lipinski definition) is 3. The predicted octanol–water partition coefficient (Wildman–Crippen LogP) is 3.20. The van der Waals surface area contributed by atoms with Crippen molar-refractivity contribution >= 4 is 8.46 Å². The lowest BCUT2D eigenvalue weighted by Gasteiger charge is -2.25. The van der Waals surface area contributed by atoms with Crippen molar-refractivity contribution in [3.8, 4) is 0 Å². The van der Waals surface area contributed by atoms with Gasteiger partial charge in [-0.3, -0.25) is 4.57 Å². The molecule has 0 spiro atoms. The quantitative estimate of drug-likeness (QED) is 0.452. The van der Waals surface area contributed by atoms with Crippen molar-refractivity contribution in [3.63, 3.8) is 0 Å². The van der Waals surface area contributed by atoms with Gasteiger partial charge in [-0.1, -0.05) is 13.3 Å². The first-order valence-electron chi connectivity index (χ1n) is 4.87.